The second-order valence-corrected chi connectivity index (χ2v) is 6.46. The Balaban J connectivity index is 1.84. The maximum Gasteiger partial charge on any atom is 0.251 e. The first-order valence-electron chi connectivity index (χ1n) is 8.50. The highest BCUT2D eigenvalue weighted by atomic mass is 19.1. The molecule has 0 saturated heterocycles. The quantitative estimate of drug-likeness (QED) is 0.909. The fraction of sp³-hybridized carbons (Fsp3) is 0.350. The van der Waals surface area contributed by atoms with Gasteiger partial charge in [0.05, 0.1) is 19.3 Å². The van der Waals surface area contributed by atoms with Crippen LogP contribution in [0.1, 0.15) is 42.2 Å². The van der Waals surface area contributed by atoms with Gasteiger partial charge in [-0.15, -0.1) is 0 Å². The number of amides is 1. The second kappa shape index (κ2) is 7.55. The van der Waals surface area contributed by atoms with Crippen molar-refractivity contribution in [2.24, 2.45) is 5.92 Å². The van der Waals surface area contributed by atoms with E-state index in [2.05, 4.69) is 5.32 Å². The first-order chi connectivity index (χ1) is 12.0. The summed E-state index contributed by atoms with van der Waals surface area (Å²) in [5.41, 5.74) is 1.24. The smallest absolute Gasteiger partial charge is 0.251 e. The highest BCUT2D eigenvalue weighted by Crippen LogP contribution is 2.34. The lowest BCUT2D eigenvalue weighted by Gasteiger charge is -2.24. The van der Waals surface area contributed by atoms with E-state index in [-0.39, 0.29) is 17.9 Å². The zero-order valence-electron chi connectivity index (χ0n) is 14.4. The summed E-state index contributed by atoms with van der Waals surface area (Å²) >= 11 is 0. The van der Waals surface area contributed by atoms with Gasteiger partial charge in [0.15, 0.2) is 11.5 Å². The van der Waals surface area contributed by atoms with E-state index in [1.54, 1.807) is 6.07 Å². The van der Waals surface area contributed by atoms with E-state index in [1.165, 1.54) is 18.2 Å². The Bertz CT molecular complexity index is 760. The maximum absolute atomic E-state index is 13.4. The molecule has 25 heavy (non-hydrogen) atoms. The van der Waals surface area contributed by atoms with Crippen molar-refractivity contribution in [3.05, 3.63) is 59.4 Å². The predicted molar refractivity (Wildman–Crippen MR) is 93.5 cm³/mol. The minimum Gasteiger partial charge on any atom is -0.490 e. The van der Waals surface area contributed by atoms with E-state index in [0.717, 1.165) is 17.7 Å². The Morgan fingerprint density at radius 3 is 2.56 bits per heavy atom. The van der Waals surface area contributed by atoms with Crippen molar-refractivity contribution in [1.29, 1.82) is 0 Å². The zero-order chi connectivity index (χ0) is 17.8. The van der Waals surface area contributed by atoms with E-state index >= 15 is 0 Å². The largest absolute Gasteiger partial charge is 0.490 e. The molecule has 4 nitrogen and oxygen atoms in total. The fourth-order valence-corrected chi connectivity index (χ4v) is 2.86. The van der Waals surface area contributed by atoms with Crippen molar-refractivity contribution in [2.75, 3.05) is 13.2 Å². The number of carbonyl (C=O) groups is 1. The molecule has 2 aromatic carbocycles. The number of fused-ring (bicyclic) bond motifs is 1. The number of rotatable bonds is 4. The van der Waals surface area contributed by atoms with Crippen LogP contribution in [0.25, 0.3) is 0 Å². The van der Waals surface area contributed by atoms with Crippen LogP contribution in [0.15, 0.2) is 42.5 Å². The van der Waals surface area contributed by atoms with Gasteiger partial charge in [-0.25, -0.2) is 4.39 Å². The lowest BCUT2D eigenvalue weighted by Crippen LogP contribution is -2.31. The average Bonchev–Trinajstić information content (AvgIpc) is 2.83. The van der Waals surface area contributed by atoms with Crippen LogP contribution in [-0.2, 0) is 0 Å². The summed E-state index contributed by atoms with van der Waals surface area (Å²) in [6.45, 7) is 5.30. The Morgan fingerprint density at radius 1 is 1.08 bits per heavy atom. The maximum atomic E-state index is 13.4. The molecule has 132 valence electrons. The topological polar surface area (TPSA) is 47.6 Å². The molecular weight excluding hydrogens is 321 g/mol. The lowest BCUT2D eigenvalue weighted by atomic mass is 9.95. The van der Waals surface area contributed by atoms with E-state index < -0.39 is 5.82 Å². The fourth-order valence-electron chi connectivity index (χ4n) is 2.86. The van der Waals surface area contributed by atoms with E-state index in [4.69, 9.17) is 9.47 Å². The predicted octanol–water partition coefficient (Wildman–Crippen LogP) is 4.11. The van der Waals surface area contributed by atoms with Crippen LogP contribution in [0.2, 0.25) is 0 Å². The van der Waals surface area contributed by atoms with Crippen LogP contribution in [0.5, 0.6) is 11.5 Å². The summed E-state index contributed by atoms with van der Waals surface area (Å²) in [4.78, 5) is 12.5. The van der Waals surface area contributed by atoms with Crippen LogP contribution in [-0.4, -0.2) is 19.1 Å². The molecule has 3 rings (SSSR count). The molecule has 1 aliphatic rings. The molecule has 5 heteroatoms. The van der Waals surface area contributed by atoms with Gasteiger partial charge in [-0.2, -0.15) is 0 Å². The van der Waals surface area contributed by atoms with Crippen LogP contribution < -0.4 is 14.8 Å². The summed E-state index contributed by atoms with van der Waals surface area (Å²) in [5.74, 6) is 0.845. The van der Waals surface area contributed by atoms with Gasteiger partial charge in [0.25, 0.3) is 5.91 Å². The van der Waals surface area contributed by atoms with Crippen molar-refractivity contribution in [1.82, 2.24) is 5.32 Å². The van der Waals surface area contributed by atoms with Gasteiger partial charge in [-0.1, -0.05) is 26.0 Å². The normalized spacial score (nSPS) is 14.7. The number of ether oxygens (including phenoxy) is 2. The van der Waals surface area contributed by atoms with Gasteiger partial charge in [0.2, 0.25) is 0 Å². The molecule has 0 aliphatic carbocycles. The summed E-state index contributed by atoms with van der Waals surface area (Å²) < 4.78 is 24.8. The molecule has 0 saturated carbocycles. The Morgan fingerprint density at radius 2 is 1.84 bits per heavy atom. The zero-order valence-corrected chi connectivity index (χ0v) is 14.4. The molecule has 1 aliphatic heterocycles. The molecule has 1 N–H and O–H groups in total. The first-order valence-corrected chi connectivity index (χ1v) is 8.50. The van der Waals surface area contributed by atoms with Crippen LogP contribution in [0, 0.1) is 11.7 Å². The third-order valence-electron chi connectivity index (χ3n) is 4.17. The number of halogens is 1. The standard InChI is InChI=1S/C20H22FNO3/c1-13(2)19(22-20(23)15-5-3-6-16(21)11-15)14-7-8-17-18(12-14)25-10-4-9-24-17/h3,5-8,11-13,19H,4,9-10H2,1-2H3,(H,22,23). The van der Waals surface area contributed by atoms with Gasteiger partial charge < -0.3 is 14.8 Å². The number of hydrogen-bond acceptors (Lipinski definition) is 3. The Labute approximate surface area is 147 Å². The second-order valence-electron chi connectivity index (χ2n) is 6.46. The van der Waals surface area contributed by atoms with Crippen molar-refractivity contribution in [2.45, 2.75) is 26.3 Å². The van der Waals surface area contributed by atoms with Crippen LogP contribution >= 0.6 is 0 Å². The molecule has 0 bridgehead atoms. The first kappa shape index (κ1) is 17.3. The van der Waals surface area contributed by atoms with Crippen molar-refractivity contribution < 1.29 is 18.7 Å². The lowest BCUT2D eigenvalue weighted by molar-refractivity contribution is 0.0925. The molecule has 2 aromatic rings. The summed E-state index contributed by atoms with van der Waals surface area (Å²) in [5, 5.41) is 3.00. The average molecular weight is 343 g/mol. The molecule has 0 radical (unpaired) electrons. The van der Waals surface area contributed by atoms with Gasteiger partial charge in [0.1, 0.15) is 5.82 Å². The molecule has 1 heterocycles. The number of nitrogens with one attached hydrogen (secondary N) is 1. The Kier molecular flexibility index (Phi) is 5.22. The molecule has 1 atom stereocenters. The number of carbonyl (C=O) groups excluding carboxylic acids is 1. The molecular formula is C20H22FNO3. The summed E-state index contributed by atoms with van der Waals surface area (Å²) in [6.07, 6.45) is 0.841. The van der Waals surface area contributed by atoms with E-state index in [0.29, 0.717) is 24.5 Å². The monoisotopic (exact) mass is 343 g/mol. The van der Waals surface area contributed by atoms with E-state index in [9.17, 15) is 9.18 Å². The summed E-state index contributed by atoms with van der Waals surface area (Å²) in [7, 11) is 0. The van der Waals surface area contributed by atoms with E-state index in [1.807, 2.05) is 32.0 Å². The Hall–Kier alpha value is -2.56. The highest BCUT2D eigenvalue weighted by molar-refractivity contribution is 5.94. The molecule has 1 amide bonds. The third-order valence-corrected chi connectivity index (χ3v) is 4.17. The molecule has 1 unspecified atom stereocenters. The van der Waals surface area contributed by atoms with Crippen molar-refractivity contribution >= 4 is 5.91 Å². The van der Waals surface area contributed by atoms with Gasteiger partial charge in [0, 0.05) is 12.0 Å². The highest BCUT2D eigenvalue weighted by Gasteiger charge is 2.21. The molecule has 0 spiro atoms. The third kappa shape index (κ3) is 4.10. The van der Waals surface area contributed by atoms with Gasteiger partial charge in [-0.05, 0) is 41.8 Å². The number of hydrogen-bond donors (Lipinski definition) is 1. The molecule has 0 fully saturated rings. The molecule has 0 aromatic heterocycles. The van der Waals surface area contributed by atoms with Crippen molar-refractivity contribution in [3.8, 4) is 11.5 Å². The SMILES string of the molecule is CC(C)C(NC(=O)c1cccc(F)c1)c1ccc2c(c1)OCCCO2. The summed E-state index contributed by atoms with van der Waals surface area (Å²) in [6, 6.07) is 11.2. The van der Waals surface area contributed by atoms with Crippen molar-refractivity contribution in [3.63, 3.8) is 0 Å². The minimum atomic E-state index is -0.427. The number of benzene rings is 2. The van der Waals surface area contributed by atoms with Gasteiger partial charge in [-0.3, -0.25) is 4.79 Å². The van der Waals surface area contributed by atoms with Gasteiger partial charge >= 0.3 is 0 Å². The van der Waals surface area contributed by atoms with Crippen LogP contribution in [0.4, 0.5) is 4.39 Å². The minimum absolute atomic E-state index is 0.155. The van der Waals surface area contributed by atoms with Crippen LogP contribution in [0.3, 0.4) is 0 Å².